The van der Waals surface area contributed by atoms with E-state index in [-0.39, 0.29) is 18.2 Å². The van der Waals surface area contributed by atoms with Crippen molar-refractivity contribution < 1.29 is 14.3 Å². The highest BCUT2D eigenvalue weighted by Crippen LogP contribution is 2.37. The molecule has 3 aromatic carbocycles. The lowest BCUT2D eigenvalue weighted by molar-refractivity contribution is -0.132. The van der Waals surface area contributed by atoms with Crippen LogP contribution in [0.5, 0.6) is 5.75 Å². The molecule has 5 nitrogen and oxygen atoms in total. The first-order valence-corrected chi connectivity index (χ1v) is 10.4. The summed E-state index contributed by atoms with van der Waals surface area (Å²) in [7, 11) is 0. The van der Waals surface area contributed by atoms with Crippen molar-refractivity contribution >= 4 is 23.2 Å². The highest BCUT2D eigenvalue weighted by Gasteiger charge is 2.40. The van der Waals surface area contributed by atoms with Crippen LogP contribution in [0.4, 0.5) is 11.4 Å². The fourth-order valence-electron chi connectivity index (χ4n) is 3.78. The molecule has 0 aromatic heterocycles. The Bertz CT molecular complexity index is 1060. The summed E-state index contributed by atoms with van der Waals surface area (Å²) in [5.41, 5.74) is 1.62. The van der Waals surface area contributed by atoms with E-state index in [1.165, 1.54) is 0 Å². The second-order valence-corrected chi connectivity index (χ2v) is 8.09. The van der Waals surface area contributed by atoms with Gasteiger partial charge in [-0.15, -0.1) is 0 Å². The van der Waals surface area contributed by atoms with E-state index in [0.29, 0.717) is 24.5 Å². The van der Waals surface area contributed by atoms with E-state index in [4.69, 9.17) is 4.74 Å². The van der Waals surface area contributed by atoms with Gasteiger partial charge in [0.1, 0.15) is 5.75 Å². The molecule has 2 amide bonds. The Morgan fingerprint density at radius 1 is 0.903 bits per heavy atom. The molecule has 0 fully saturated rings. The Morgan fingerprint density at radius 2 is 1.52 bits per heavy atom. The molecule has 4 rings (SSSR count). The number of rotatable bonds is 6. The number of benzene rings is 3. The van der Waals surface area contributed by atoms with Crippen LogP contribution >= 0.6 is 0 Å². The van der Waals surface area contributed by atoms with Crippen LogP contribution in [0.1, 0.15) is 25.8 Å². The van der Waals surface area contributed by atoms with E-state index in [1.54, 1.807) is 23.6 Å². The molecule has 0 spiro atoms. The number of para-hydroxylation sites is 3. The van der Waals surface area contributed by atoms with Crippen molar-refractivity contribution in [3.63, 3.8) is 0 Å². The second kappa shape index (κ2) is 8.64. The van der Waals surface area contributed by atoms with E-state index >= 15 is 0 Å². The lowest BCUT2D eigenvalue weighted by Crippen LogP contribution is -2.53. The van der Waals surface area contributed by atoms with Crippen LogP contribution in [0.2, 0.25) is 0 Å². The SMILES string of the molecule is CC1(C)Oc2ccccc2N(CCC(=O)N(Cc2ccccc2)c2ccccc2)C1=O. The van der Waals surface area contributed by atoms with Gasteiger partial charge in [0.15, 0.2) is 5.60 Å². The largest absolute Gasteiger partial charge is 0.476 e. The van der Waals surface area contributed by atoms with Gasteiger partial charge >= 0.3 is 0 Å². The van der Waals surface area contributed by atoms with Gasteiger partial charge in [-0.3, -0.25) is 9.59 Å². The Hall–Kier alpha value is -3.60. The maximum absolute atomic E-state index is 13.3. The van der Waals surface area contributed by atoms with Crippen LogP contribution in [0, 0.1) is 0 Å². The predicted molar refractivity (Wildman–Crippen MR) is 122 cm³/mol. The Balaban J connectivity index is 1.56. The standard InChI is InChI=1S/C26H26N2O3/c1-26(2)25(30)27(22-15-9-10-16-23(22)31-26)18-17-24(29)28(21-13-7-4-8-14-21)19-20-11-5-3-6-12-20/h3-16H,17-19H2,1-2H3. The van der Waals surface area contributed by atoms with Gasteiger partial charge in [-0.2, -0.15) is 0 Å². The molecule has 1 heterocycles. The summed E-state index contributed by atoms with van der Waals surface area (Å²) in [6, 6.07) is 27.0. The number of carbonyl (C=O) groups excluding carboxylic acids is 2. The molecule has 0 bridgehead atoms. The first-order valence-electron chi connectivity index (χ1n) is 10.4. The maximum atomic E-state index is 13.3. The Kier molecular flexibility index (Phi) is 5.76. The van der Waals surface area contributed by atoms with Crippen LogP contribution < -0.4 is 14.5 Å². The van der Waals surface area contributed by atoms with Gasteiger partial charge in [-0.25, -0.2) is 0 Å². The van der Waals surface area contributed by atoms with Crippen molar-refractivity contribution in [2.45, 2.75) is 32.4 Å². The van der Waals surface area contributed by atoms with Gasteiger partial charge in [0, 0.05) is 18.7 Å². The van der Waals surface area contributed by atoms with Crippen molar-refractivity contribution in [3.05, 3.63) is 90.5 Å². The fourth-order valence-corrected chi connectivity index (χ4v) is 3.78. The average Bonchev–Trinajstić information content (AvgIpc) is 2.78. The van der Waals surface area contributed by atoms with E-state index < -0.39 is 5.60 Å². The molecule has 0 saturated heterocycles. The van der Waals surface area contributed by atoms with Crippen LogP contribution in [0.15, 0.2) is 84.9 Å². The molecule has 0 radical (unpaired) electrons. The van der Waals surface area contributed by atoms with Gasteiger partial charge in [0.25, 0.3) is 5.91 Å². The fraction of sp³-hybridized carbons (Fsp3) is 0.231. The number of carbonyl (C=O) groups is 2. The van der Waals surface area contributed by atoms with Crippen molar-refractivity contribution in [3.8, 4) is 5.75 Å². The first-order chi connectivity index (χ1) is 15.0. The molecule has 3 aromatic rings. The molecule has 0 N–H and O–H groups in total. The molecule has 0 unspecified atom stereocenters. The lowest BCUT2D eigenvalue weighted by Gasteiger charge is -2.39. The number of amides is 2. The summed E-state index contributed by atoms with van der Waals surface area (Å²) < 4.78 is 5.88. The van der Waals surface area contributed by atoms with Crippen molar-refractivity contribution in [1.82, 2.24) is 0 Å². The van der Waals surface area contributed by atoms with Gasteiger partial charge in [-0.1, -0.05) is 60.7 Å². The summed E-state index contributed by atoms with van der Waals surface area (Å²) in [6.45, 7) is 4.28. The number of ether oxygens (including phenoxy) is 1. The zero-order valence-electron chi connectivity index (χ0n) is 17.8. The number of fused-ring (bicyclic) bond motifs is 1. The monoisotopic (exact) mass is 414 g/mol. The van der Waals surface area contributed by atoms with E-state index in [0.717, 1.165) is 11.3 Å². The Labute approximate surface area is 182 Å². The van der Waals surface area contributed by atoms with Crippen molar-refractivity contribution in [2.75, 3.05) is 16.3 Å². The van der Waals surface area contributed by atoms with E-state index in [2.05, 4.69) is 0 Å². The molecule has 1 aliphatic heterocycles. The normalized spacial score (nSPS) is 14.5. The zero-order valence-corrected chi connectivity index (χ0v) is 17.8. The highest BCUT2D eigenvalue weighted by molar-refractivity contribution is 6.03. The van der Waals surface area contributed by atoms with Crippen LogP contribution in [0.3, 0.4) is 0 Å². The molecule has 0 aliphatic carbocycles. The highest BCUT2D eigenvalue weighted by atomic mass is 16.5. The average molecular weight is 415 g/mol. The van der Waals surface area contributed by atoms with Gasteiger partial charge in [-0.05, 0) is 43.7 Å². The quantitative estimate of drug-likeness (QED) is 0.581. The number of anilines is 2. The maximum Gasteiger partial charge on any atom is 0.270 e. The van der Waals surface area contributed by atoms with E-state index in [9.17, 15) is 9.59 Å². The minimum absolute atomic E-state index is 0.0374. The number of hydrogen-bond acceptors (Lipinski definition) is 3. The Morgan fingerprint density at radius 3 is 2.23 bits per heavy atom. The molecular weight excluding hydrogens is 388 g/mol. The van der Waals surface area contributed by atoms with Crippen LogP contribution in [-0.4, -0.2) is 24.0 Å². The summed E-state index contributed by atoms with van der Waals surface area (Å²) >= 11 is 0. The van der Waals surface area contributed by atoms with Crippen LogP contribution in [0.25, 0.3) is 0 Å². The zero-order chi connectivity index (χ0) is 21.8. The smallest absolute Gasteiger partial charge is 0.270 e. The third-order valence-corrected chi connectivity index (χ3v) is 5.38. The lowest BCUT2D eigenvalue weighted by atomic mass is 10.0. The molecule has 0 atom stereocenters. The summed E-state index contributed by atoms with van der Waals surface area (Å²) in [4.78, 5) is 29.8. The third kappa shape index (κ3) is 4.45. The number of hydrogen-bond donors (Lipinski definition) is 0. The van der Waals surface area contributed by atoms with Gasteiger partial charge < -0.3 is 14.5 Å². The summed E-state index contributed by atoms with van der Waals surface area (Å²) in [5, 5.41) is 0. The number of nitrogens with zero attached hydrogens (tertiary/aromatic N) is 2. The molecule has 0 saturated carbocycles. The molecule has 5 heteroatoms. The molecule has 1 aliphatic rings. The van der Waals surface area contributed by atoms with Crippen molar-refractivity contribution in [1.29, 1.82) is 0 Å². The molecular formula is C26H26N2O3. The van der Waals surface area contributed by atoms with E-state index in [1.807, 2.05) is 84.9 Å². The third-order valence-electron chi connectivity index (χ3n) is 5.38. The predicted octanol–water partition coefficient (Wildman–Crippen LogP) is 4.81. The topological polar surface area (TPSA) is 49.9 Å². The van der Waals surface area contributed by atoms with Gasteiger partial charge in [0.2, 0.25) is 5.91 Å². The van der Waals surface area contributed by atoms with Crippen LogP contribution in [-0.2, 0) is 16.1 Å². The second-order valence-electron chi connectivity index (χ2n) is 8.09. The minimum atomic E-state index is -0.972. The minimum Gasteiger partial charge on any atom is -0.476 e. The summed E-state index contributed by atoms with van der Waals surface area (Å²) in [6.07, 6.45) is 0.206. The molecule has 31 heavy (non-hydrogen) atoms. The summed E-state index contributed by atoms with van der Waals surface area (Å²) in [5.74, 6) is 0.474. The first kappa shape index (κ1) is 20.7. The van der Waals surface area contributed by atoms with Crippen molar-refractivity contribution in [2.24, 2.45) is 0 Å². The van der Waals surface area contributed by atoms with Gasteiger partial charge in [0.05, 0.1) is 12.2 Å². The molecule has 158 valence electrons.